The first-order valence-electron chi connectivity index (χ1n) is 7.68. The van der Waals surface area contributed by atoms with E-state index < -0.39 is 0 Å². The molecule has 1 heterocycles. The molecule has 108 valence electrons. The molecule has 23 heavy (non-hydrogen) atoms. The summed E-state index contributed by atoms with van der Waals surface area (Å²) in [7, 11) is 0. The average molecular weight is 356 g/mol. The molecule has 1 aromatic heterocycles. The number of para-hydroxylation sites is 2. The fraction of sp³-hybridized carbons (Fsp3) is 0.100. The average Bonchev–Trinajstić information content (AvgIpc) is 2.75. The van der Waals surface area contributed by atoms with Gasteiger partial charge in [-0.2, -0.15) is 0 Å². The summed E-state index contributed by atoms with van der Waals surface area (Å²) in [5.41, 5.74) is 8.82. The van der Waals surface area contributed by atoms with Crippen molar-refractivity contribution in [3.8, 4) is 11.3 Å². The van der Waals surface area contributed by atoms with Crippen LogP contribution >= 0.6 is 0 Å². The standard InChI is InChI=1S/C20H13AsN2/c1-20(21)10-9-12-5-4-6-13-17(12)14(11-20)19-18(13)22-15-7-2-3-8-16(15)23-19/h2-11H,1H3. The molecule has 0 fully saturated rings. The number of fused-ring (bicyclic) bond motifs is 4. The van der Waals surface area contributed by atoms with Crippen LogP contribution in [0.25, 0.3) is 33.9 Å². The SMILES string of the molecule is CC1([As])C=Cc2cccc3c2C(=C1)c1nc2ccccc2nc1-3. The van der Waals surface area contributed by atoms with E-state index >= 15 is 0 Å². The molecule has 0 aliphatic heterocycles. The molecular weight excluding hydrogens is 343 g/mol. The van der Waals surface area contributed by atoms with Crippen LogP contribution < -0.4 is 0 Å². The Hall–Kier alpha value is -2.18. The van der Waals surface area contributed by atoms with Gasteiger partial charge in [0.2, 0.25) is 0 Å². The Morgan fingerprint density at radius 2 is 1.65 bits per heavy atom. The molecule has 1 atom stereocenters. The van der Waals surface area contributed by atoms with Crippen LogP contribution in [0.1, 0.15) is 23.7 Å². The predicted octanol–water partition coefficient (Wildman–Crippen LogP) is 4.42. The fourth-order valence-electron chi connectivity index (χ4n) is 3.44. The van der Waals surface area contributed by atoms with E-state index in [4.69, 9.17) is 9.97 Å². The maximum atomic E-state index is 4.94. The molecule has 3 heteroatoms. The molecule has 2 aromatic carbocycles. The van der Waals surface area contributed by atoms with Crippen LogP contribution in [-0.2, 0) is 0 Å². The minimum atomic E-state index is -0.0619. The summed E-state index contributed by atoms with van der Waals surface area (Å²) >= 11 is 2.75. The van der Waals surface area contributed by atoms with Gasteiger partial charge in [-0.3, -0.25) is 0 Å². The third-order valence-corrected chi connectivity index (χ3v) is 5.07. The second-order valence-electron chi connectivity index (χ2n) is 6.30. The van der Waals surface area contributed by atoms with Gasteiger partial charge < -0.3 is 0 Å². The van der Waals surface area contributed by atoms with Crippen LogP contribution in [-0.4, -0.2) is 26.8 Å². The number of nitrogens with zero attached hydrogens (tertiary/aromatic N) is 2. The summed E-state index contributed by atoms with van der Waals surface area (Å²) in [5, 5.41) is 0. The van der Waals surface area contributed by atoms with Crippen molar-refractivity contribution in [3.05, 3.63) is 71.4 Å². The molecule has 0 saturated heterocycles. The zero-order valence-corrected chi connectivity index (χ0v) is 14.5. The van der Waals surface area contributed by atoms with Crippen LogP contribution in [0.3, 0.4) is 0 Å². The summed E-state index contributed by atoms with van der Waals surface area (Å²) in [4.78, 5) is 9.85. The summed E-state index contributed by atoms with van der Waals surface area (Å²) in [6.45, 7) is 2.20. The Morgan fingerprint density at radius 3 is 2.43 bits per heavy atom. The minimum absolute atomic E-state index is 0.0619. The predicted molar refractivity (Wildman–Crippen MR) is 95.2 cm³/mol. The molecule has 5 rings (SSSR count). The van der Waals surface area contributed by atoms with E-state index in [0.717, 1.165) is 22.4 Å². The van der Waals surface area contributed by atoms with Crippen molar-refractivity contribution in [1.29, 1.82) is 0 Å². The molecule has 2 nitrogen and oxygen atoms in total. The van der Waals surface area contributed by atoms with Gasteiger partial charge in [-0.05, 0) is 0 Å². The van der Waals surface area contributed by atoms with Crippen LogP contribution in [0.15, 0.2) is 54.6 Å². The van der Waals surface area contributed by atoms with E-state index in [-0.39, 0.29) is 4.20 Å². The first-order chi connectivity index (χ1) is 11.1. The molecule has 0 amide bonds. The topological polar surface area (TPSA) is 25.8 Å². The molecule has 0 N–H and O–H groups in total. The zero-order chi connectivity index (χ0) is 15.6. The molecule has 3 aromatic rings. The van der Waals surface area contributed by atoms with Gasteiger partial charge in [-0.1, -0.05) is 0 Å². The fourth-order valence-corrected chi connectivity index (χ4v) is 3.87. The second kappa shape index (κ2) is 4.43. The van der Waals surface area contributed by atoms with Gasteiger partial charge >= 0.3 is 143 Å². The van der Waals surface area contributed by atoms with Crippen molar-refractivity contribution in [2.75, 3.05) is 0 Å². The Balaban J connectivity index is 1.94. The van der Waals surface area contributed by atoms with Crippen molar-refractivity contribution in [2.45, 2.75) is 11.1 Å². The Kier molecular flexibility index (Phi) is 2.55. The zero-order valence-electron chi connectivity index (χ0n) is 12.6. The molecular formula is C20H13AsN2. The molecule has 2 aliphatic carbocycles. The first-order valence-corrected chi connectivity index (χ1v) is 8.62. The monoisotopic (exact) mass is 356 g/mol. The number of aromatic nitrogens is 2. The van der Waals surface area contributed by atoms with Crippen LogP contribution in [0.4, 0.5) is 0 Å². The van der Waals surface area contributed by atoms with E-state index in [1.807, 2.05) is 24.3 Å². The number of hydrogen-bond acceptors (Lipinski definition) is 2. The Bertz CT molecular complexity index is 1040. The van der Waals surface area contributed by atoms with Crippen molar-refractivity contribution >= 4 is 39.5 Å². The number of hydrogen-bond donors (Lipinski definition) is 0. The van der Waals surface area contributed by atoms with Crippen molar-refractivity contribution in [1.82, 2.24) is 9.97 Å². The third-order valence-electron chi connectivity index (χ3n) is 4.48. The van der Waals surface area contributed by atoms with Crippen LogP contribution in [0, 0.1) is 0 Å². The quantitative estimate of drug-likeness (QED) is 0.436. The van der Waals surface area contributed by atoms with E-state index in [1.54, 1.807) is 0 Å². The summed E-state index contributed by atoms with van der Waals surface area (Å²) in [5.74, 6) is 0. The van der Waals surface area contributed by atoms with Gasteiger partial charge in [0.25, 0.3) is 0 Å². The van der Waals surface area contributed by atoms with Gasteiger partial charge in [0.05, 0.1) is 0 Å². The van der Waals surface area contributed by atoms with Crippen molar-refractivity contribution in [3.63, 3.8) is 0 Å². The number of allylic oxidation sites excluding steroid dienone is 2. The molecule has 2 aliphatic rings. The first kappa shape index (κ1) is 13.3. The summed E-state index contributed by atoms with van der Waals surface area (Å²) in [6.07, 6.45) is 6.75. The molecule has 0 bridgehead atoms. The Labute approximate surface area is 143 Å². The van der Waals surface area contributed by atoms with E-state index in [2.05, 4.69) is 60.2 Å². The van der Waals surface area contributed by atoms with Crippen molar-refractivity contribution < 1.29 is 0 Å². The van der Waals surface area contributed by atoms with E-state index in [1.165, 1.54) is 22.3 Å². The normalized spacial score (nSPS) is 20.9. The number of rotatable bonds is 0. The molecule has 2 radical (unpaired) electrons. The Morgan fingerprint density at radius 1 is 0.913 bits per heavy atom. The van der Waals surface area contributed by atoms with E-state index in [0.29, 0.717) is 0 Å². The molecule has 0 spiro atoms. The summed E-state index contributed by atoms with van der Waals surface area (Å²) in [6, 6.07) is 14.5. The third kappa shape index (κ3) is 1.88. The van der Waals surface area contributed by atoms with Crippen LogP contribution in [0.5, 0.6) is 0 Å². The van der Waals surface area contributed by atoms with Gasteiger partial charge in [-0.25, -0.2) is 0 Å². The van der Waals surface area contributed by atoms with Crippen molar-refractivity contribution in [2.24, 2.45) is 0 Å². The van der Waals surface area contributed by atoms with Gasteiger partial charge in [-0.15, -0.1) is 0 Å². The molecule has 1 unspecified atom stereocenters. The number of benzene rings is 2. The van der Waals surface area contributed by atoms with Gasteiger partial charge in [0.15, 0.2) is 0 Å². The maximum absolute atomic E-state index is 4.94. The summed E-state index contributed by atoms with van der Waals surface area (Å²) < 4.78 is -0.0619. The molecule has 0 saturated carbocycles. The van der Waals surface area contributed by atoms with Gasteiger partial charge in [0, 0.05) is 0 Å². The second-order valence-corrected chi connectivity index (χ2v) is 8.32. The van der Waals surface area contributed by atoms with E-state index in [9.17, 15) is 0 Å². The van der Waals surface area contributed by atoms with Crippen LogP contribution in [0.2, 0.25) is 4.20 Å². The van der Waals surface area contributed by atoms with Gasteiger partial charge in [0.1, 0.15) is 0 Å².